The van der Waals surface area contributed by atoms with Gasteiger partial charge in [0.15, 0.2) is 0 Å². The van der Waals surface area contributed by atoms with Crippen LogP contribution in [-0.2, 0) is 11.3 Å². The zero-order valence-corrected chi connectivity index (χ0v) is 21.2. The van der Waals surface area contributed by atoms with Crippen molar-refractivity contribution < 1.29 is 19.4 Å². The van der Waals surface area contributed by atoms with E-state index in [9.17, 15) is 14.7 Å². The minimum atomic E-state index is -2.11. The molecule has 1 fully saturated rings. The van der Waals surface area contributed by atoms with Gasteiger partial charge >= 0.3 is 0 Å². The quantitative estimate of drug-likeness (QED) is 0.305. The average Bonchev–Trinajstić information content (AvgIpc) is 3.64. The normalized spacial score (nSPS) is 22.4. The topological polar surface area (TPSA) is 117 Å². The molecule has 8 heteroatoms. The van der Waals surface area contributed by atoms with Gasteiger partial charge in [0, 0.05) is 27.9 Å². The van der Waals surface area contributed by atoms with Crippen LogP contribution < -0.4 is 15.8 Å². The molecule has 2 aromatic carbocycles. The maximum Gasteiger partial charge on any atom is 0.271 e. The zero-order valence-electron chi connectivity index (χ0n) is 20.4. The van der Waals surface area contributed by atoms with Crippen LogP contribution in [0.5, 0.6) is 5.75 Å². The molecule has 2 unspecified atom stereocenters. The van der Waals surface area contributed by atoms with Crippen molar-refractivity contribution in [1.82, 2.24) is 10.3 Å². The lowest BCUT2D eigenvalue weighted by atomic mass is 9.82. The number of aliphatic hydroxyl groups is 1. The Morgan fingerprint density at radius 1 is 1.11 bits per heavy atom. The molecule has 2 heterocycles. The number of rotatable bonds is 3. The van der Waals surface area contributed by atoms with E-state index in [0.717, 1.165) is 10.5 Å². The van der Waals surface area contributed by atoms with Crippen molar-refractivity contribution in [3.63, 3.8) is 0 Å². The monoisotopic (exact) mass is 493 g/mol. The summed E-state index contributed by atoms with van der Waals surface area (Å²) >= 11 is 1.51. The molecule has 3 aromatic rings. The van der Waals surface area contributed by atoms with Crippen molar-refractivity contribution in [2.75, 3.05) is 12.0 Å². The van der Waals surface area contributed by atoms with Crippen LogP contribution in [-0.4, -0.2) is 28.0 Å². The van der Waals surface area contributed by atoms with Gasteiger partial charge in [-0.1, -0.05) is 63.4 Å². The number of anilines is 1. The first-order valence-corrected chi connectivity index (χ1v) is 13.1. The second-order valence-electron chi connectivity index (χ2n) is 8.46. The number of aromatic amines is 1. The summed E-state index contributed by atoms with van der Waals surface area (Å²) in [6, 6.07) is 11.6. The van der Waals surface area contributed by atoms with Crippen molar-refractivity contribution in [2.24, 2.45) is 0 Å². The Morgan fingerprint density at radius 2 is 1.77 bits per heavy atom. The lowest BCUT2D eigenvalue weighted by molar-refractivity contribution is -0.169. The van der Waals surface area contributed by atoms with Crippen molar-refractivity contribution in [1.29, 1.82) is 0 Å². The second-order valence-corrected chi connectivity index (χ2v) is 9.31. The third-order valence-corrected chi connectivity index (χ3v) is 7.14. The average molecular weight is 494 g/mol. The number of nitrogens with one attached hydrogen (secondary N) is 2. The number of benzene rings is 2. The molecule has 1 aliphatic heterocycles. The Morgan fingerprint density at radius 3 is 2.40 bits per heavy atom. The Bertz CT molecular complexity index is 1280. The van der Waals surface area contributed by atoms with E-state index in [4.69, 9.17) is 10.5 Å². The SMILES string of the molecule is C1CC1.CC.CSc1c[nH]c(C(=O)NC23C(=O)c4c(N)cccc4C2(O)Oc2ccccc23)c1C. The molecule has 1 aromatic heterocycles. The summed E-state index contributed by atoms with van der Waals surface area (Å²) in [5.74, 6) is -2.82. The van der Waals surface area contributed by atoms with Crippen LogP contribution in [0.4, 0.5) is 5.69 Å². The van der Waals surface area contributed by atoms with Crippen molar-refractivity contribution in [2.45, 2.75) is 56.3 Å². The Hall–Kier alpha value is -3.23. The number of ether oxygens (including phenoxy) is 1. The summed E-state index contributed by atoms with van der Waals surface area (Å²) in [6.45, 7) is 5.82. The number of nitrogens with two attached hydrogens (primary N) is 1. The molecule has 5 N–H and O–H groups in total. The van der Waals surface area contributed by atoms with E-state index in [1.165, 1.54) is 31.0 Å². The lowest BCUT2D eigenvalue weighted by Gasteiger charge is -2.34. The maximum atomic E-state index is 13.8. The highest BCUT2D eigenvalue weighted by Gasteiger charge is 2.72. The number of nitrogen functional groups attached to an aromatic ring is 1. The van der Waals surface area contributed by atoms with Crippen LogP contribution in [0.1, 0.15) is 70.6 Å². The molecule has 1 amide bonds. The highest BCUT2D eigenvalue weighted by Crippen LogP contribution is 2.58. The second kappa shape index (κ2) is 9.43. The molecular formula is C27H31N3O4S. The van der Waals surface area contributed by atoms with Gasteiger partial charge in [0.25, 0.3) is 11.7 Å². The number of carbonyl (C=O) groups excluding carboxylic acids is 2. The summed E-state index contributed by atoms with van der Waals surface area (Å²) in [7, 11) is 0. The predicted molar refractivity (Wildman–Crippen MR) is 138 cm³/mol. The van der Waals surface area contributed by atoms with Crippen LogP contribution in [0.3, 0.4) is 0 Å². The molecule has 35 heavy (non-hydrogen) atoms. The largest absolute Gasteiger partial charge is 0.454 e. The van der Waals surface area contributed by atoms with Crippen LogP contribution >= 0.6 is 11.8 Å². The molecule has 0 saturated heterocycles. The van der Waals surface area contributed by atoms with Crippen LogP contribution in [0, 0.1) is 6.92 Å². The third kappa shape index (κ3) is 3.72. The fourth-order valence-electron chi connectivity index (χ4n) is 4.48. The highest BCUT2D eigenvalue weighted by atomic mass is 32.2. The van der Waals surface area contributed by atoms with Crippen LogP contribution in [0.15, 0.2) is 53.6 Å². The molecular weight excluding hydrogens is 462 g/mol. The molecule has 0 radical (unpaired) electrons. The van der Waals surface area contributed by atoms with Gasteiger partial charge in [0.05, 0.1) is 5.56 Å². The van der Waals surface area contributed by atoms with E-state index in [1.807, 2.05) is 27.0 Å². The summed E-state index contributed by atoms with van der Waals surface area (Å²) in [5.41, 5.74) is 6.30. The molecule has 7 nitrogen and oxygen atoms in total. The number of carbonyl (C=O) groups is 2. The molecule has 1 saturated carbocycles. The molecule has 0 bridgehead atoms. The molecule has 2 aliphatic carbocycles. The van der Waals surface area contributed by atoms with Gasteiger partial charge in [-0.15, -0.1) is 11.8 Å². The van der Waals surface area contributed by atoms with Gasteiger partial charge in [-0.3, -0.25) is 9.59 Å². The Kier molecular flexibility index (Phi) is 6.71. The van der Waals surface area contributed by atoms with E-state index in [1.54, 1.807) is 48.7 Å². The Labute approximate surface area is 209 Å². The number of aromatic nitrogens is 1. The summed E-state index contributed by atoms with van der Waals surface area (Å²) in [4.78, 5) is 31.0. The highest BCUT2D eigenvalue weighted by molar-refractivity contribution is 7.98. The van der Waals surface area contributed by atoms with Gasteiger partial charge < -0.3 is 25.9 Å². The molecule has 2 atom stereocenters. The molecule has 0 spiro atoms. The van der Waals surface area contributed by atoms with E-state index in [-0.39, 0.29) is 16.8 Å². The first-order chi connectivity index (χ1) is 16.8. The standard InChI is InChI=1S/C22H19N3O4S.C3H6.C2H6/c1-11-16(30-2)10-24-18(11)20(27)25-21-12-6-3-4-9-15(12)29-22(21,28)13-7-5-8-14(23)17(13)19(21)26;1-2-3-1;1-2/h3-10,24,28H,23H2,1-2H3,(H,25,27);1-3H2;1-2H3. The zero-order chi connectivity index (χ0) is 25.4. The summed E-state index contributed by atoms with van der Waals surface area (Å²) in [5, 5.41) is 14.5. The van der Waals surface area contributed by atoms with Crippen molar-refractivity contribution in [3.8, 4) is 5.75 Å². The predicted octanol–water partition coefficient (Wildman–Crippen LogP) is 4.88. The summed E-state index contributed by atoms with van der Waals surface area (Å²) < 4.78 is 5.92. The van der Waals surface area contributed by atoms with E-state index in [0.29, 0.717) is 17.0 Å². The van der Waals surface area contributed by atoms with E-state index in [2.05, 4.69) is 10.3 Å². The van der Waals surface area contributed by atoms with Crippen LogP contribution in [0.2, 0.25) is 0 Å². The fraction of sp³-hybridized carbons (Fsp3) is 0.333. The lowest BCUT2D eigenvalue weighted by Crippen LogP contribution is -2.60. The number of amides is 1. The van der Waals surface area contributed by atoms with E-state index < -0.39 is 23.0 Å². The maximum absolute atomic E-state index is 13.8. The molecule has 3 aliphatic rings. The van der Waals surface area contributed by atoms with Gasteiger partial charge in [0.2, 0.25) is 11.3 Å². The number of H-pyrrole nitrogens is 1. The van der Waals surface area contributed by atoms with Crippen molar-refractivity contribution >= 4 is 29.1 Å². The van der Waals surface area contributed by atoms with Gasteiger partial charge in [-0.25, -0.2) is 0 Å². The number of ketones is 1. The number of Topliss-reactive ketones (excluding diaryl/α,β-unsaturated/α-hetero) is 1. The number of fused-ring (bicyclic) bond motifs is 5. The number of hydrogen-bond donors (Lipinski definition) is 4. The van der Waals surface area contributed by atoms with Gasteiger partial charge in [-0.2, -0.15) is 0 Å². The number of para-hydroxylation sites is 1. The molecule has 6 rings (SSSR count). The first-order valence-electron chi connectivity index (χ1n) is 11.8. The van der Waals surface area contributed by atoms with Gasteiger partial charge in [-0.05, 0) is 30.9 Å². The van der Waals surface area contributed by atoms with Crippen LogP contribution in [0.25, 0.3) is 0 Å². The molecule has 184 valence electrons. The first kappa shape index (κ1) is 24.9. The minimum absolute atomic E-state index is 0.155. The summed E-state index contributed by atoms with van der Waals surface area (Å²) in [6.07, 6.45) is 8.15. The Balaban J connectivity index is 0.000000526. The van der Waals surface area contributed by atoms with Crippen molar-refractivity contribution in [3.05, 3.63) is 76.6 Å². The van der Waals surface area contributed by atoms with E-state index >= 15 is 0 Å². The fourth-order valence-corrected chi connectivity index (χ4v) is 5.06. The smallest absolute Gasteiger partial charge is 0.271 e. The number of hydrogen-bond acceptors (Lipinski definition) is 6. The number of thioether (sulfide) groups is 1. The third-order valence-electron chi connectivity index (χ3n) is 6.28. The van der Waals surface area contributed by atoms with Gasteiger partial charge in [0.1, 0.15) is 11.4 Å². The minimum Gasteiger partial charge on any atom is -0.454 e.